The Bertz CT molecular complexity index is 741. The quantitative estimate of drug-likeness (QED) is 0.907. The lowest BCUT2D eigenvalue weighted by Crippen LogP contribution is -2.39. The highest BCUT2D eigenvalue weighted by Crippen LogP contribution is 2.30. The zero-order chi connectivity index (χ0) is 16.5. The lowest BCUT2D eigenvalue weighted by molar-refractivity contribution is 0.0944. The van der Waals surface area contributed by atoms with E-state index in [0.717, 1.165) is 37.4 Å². The number of carbonyl (C=O) groups excluding carboxylic acids is 1. The Hall–Kier alpha value is -1.81. The number of benzene rings is 1. The van der Waals surface area contributed by atoms with E-state index < -0.39 is 0 Å². The van der Waals surface area contributed by atoms with Gasteiger partial charge in [-0.2, -0.15) is 0 Å². The second-order valence-electron chi connectivity index (χ2n) is 7.48. The van der Waals surface area contributed by atoms with Crippen LogP contribution in [0.1, 0.15) is 47.8 Å². The van der Waals surface area contributed by atoms with Crippen LogP contribution in [0.5, 0.6) is 0 Å². The standard InChI is InChI=1S/C20H27N3O/c1-14-7-10-23(11-8-14)12-9-21-20(24)15-5-6-19-17(13-15)16-3-2-4-18(16)22-19/h5-6,13-14,22H,2-4,7-12H2,1H3,(H,21,24). The highest BCUT2D eigenvalue weighted by molar-refractivity contribution is 5.99. The summed E-state index contributed by atoms with van der Waals surface area (Å²) in [4.78, 5) is 18.4. The first-order chi connectivity index (χ1) is 11.7. The number of aryl methyl sites for hydroxylation is 2. The summed E-state index contributed by atoms with van der Waals surface area (Å²) in [6.07, 6.45) is 6.06. The van der Waals surface area contributed by atoms with Gasteiger partial charge in [-0.05, 0) is 74.9 Å². The fourth-order valence-corrected chi connectivity index (χ4v) is 4.10. The van der Waals surface area contributed by atoms with Crippen molar-refractivity contribution in [3.63, 3.8) is 0 Å². The van der Waals surface area contributed by atoms with Crippen LogP contribution in [0.15, 0.2) is 18.2 Å². The molecule has 1 aromatic carbocycles. The van der Waals surface area contributed by atoms with Crippen molar-refractivity contribution < 1.29 is 4.79 Å². The first kappa shape index (κ1) is 15.7. The number of likely N-dealkylation sites (tertiary alicyclic amines) is 1. The van der Waals surface area contributed by atoms with E-state index in [1.165, 1.54) is 54.5 Å². The number of H-pyrrole nitrogens is 1. The molecule has 2 heterocycles. The number of piperidine rings is 1. The molecule has 1 aromatic heterocycles. The van der Waals surface area contributed by atoms with E-state index in [1.54, 1.807) is 0 Å². The maximum Gasteiger partial charge on any atom is 0.251 e. The Morgan fingerprint density at radius 2 is 2.12 bits per heavy atom. The van der Waals surface area contributed by atoms with Crippen molar-refractivity contribution in [3.05, 3.63) is 35.0 Å². The number of nitrogens with one attached hydrogen (secondary N) is 2. The second kappa shape index (κ2) is 6.60. The van der Waals surface area contributed by atoms with E-state index in [4.69, 9.17) is 0 Å². The molecule has 128 valence electrons. The Kier molecular flexibility index (Phi) is 4.31. The lowest BCUT2D eigenvalue weighted by atomic mass is 9.99. The number of amides is 1. The van der Waals surface area contributed by atoms with Crippen LogP contribution >= 0.6 is 0 Å². The molecule has 0 atom stereocenters. The van der Waals surface area contributed by atoms with E-state index >= 15 is 0 Å². The molecule has 2 aromatic rings. The average Bonchev–Trinajstić information content (AvgIpc) is 3.17. The van der Waals surface area contributed by atoms with Crippen molar-refractivity contribution >= 4 is 16.8 Å². The van der Waals surface area contributed by atoms with Gasteiger partial charge in [-0.25, -0.2) is 0 Å². The van der Waals surface area contributed by atoms with Crippen molar-refractivity contribution in [1.82, 2.24) is 15.2 Å². The molecule has 4 heteroatoms. The number of carbonyl (C=O) groups is 1. The van der Waals surface area contributed by atoms with Crippen molar-refractivity contribution in [3.8, 4) is 0 Å². The summed E-state index contributed by atoms with van der Waals surface area (Å²) >= 11 is 0. The van der Waals surface area contributed by atoms with E-state index in [9.17, 15) is 4.79 Å². The van der Waals surface area contributed by atoms with Gasteiger partial charge in [-0.1, -0.05) is 6.92 Å². The third kappa shape index (κ3) is 3.07. The van der Waals surface area contributed by atoms with Crippen LogP contribution in [-0.2, 0) is 12.8 Å². The van der Waals surface area contributed by atoms with Gasteiger partial charge in [0.1, 0.15) is 0 Å². The van der Waals surface area contributed by atoms with Gasteiger partial charge in [0.25, 0.3) is 5.91 Å². The largest absolute Gasteiger partial charge is 0.358 e. The monoisotopic (exact) mass is 325 g/mol. The fourth-order valence-electron chi connectivity index (χ4n) is 4.10. The predicted molar refractivity (Wildman–Crippen MR) is 97.5 cm³/mol. The Morgan fingerprint density at radius 3 is 2.96 bits per heavy atom. The Labute approximate surface area is 143 Å². The minimum Gasteiger partial charge on any atom is -0.358 e. The number of aromatic amines is 1. The Morgan fingerprint density at radius 1 is 1.29 bits per heavy atom. The number of aromatic nitrogens is 1. The summed E-state index contributed by atoms with van der Waals surface area (Å²) in [5.41, 5.74) is 4.73. The Balaban J connectivity index is 1.37. The number of fused-ring (bicyclic) bond motifs is 3. The molecule has 0 radical (unpaired) electrons. The smallest absolute Gasteiger partial charge is 0.251 e. The first-order valence-corrected chi connectivity index (χ1v) is 9.35. The van der Waals surface area contributed by atoms with Gasteiger partial charge < -0.3 is 15.2 Å². The maximum atomic E-state index is 12.5. The molecule has 1 fully saturated rings. The number of nitrogens with zero attached hydrogens (tertiary/aromatic N) is 1. The topological polar surface area (TPSA) is 48.1 Å². The van der Waals surface area contributed by atoms with Crippen molar-refractivity contribution in [1.29, 1.82) is 0 Å². The van der Waals surface area contributed by atoms with Crippen molar-refractivity contribution in [2.45, 2.75) is 39.0 Å². The molecule has 0 spiro atoms. The molecular weight excluding hydrogens is 298 g/mol. The van der Waals surface area contributed by atoms with Crippen LogP contribution in [0.3, 0.4) is 0 Å². The molecule has 24 heavy (non-hydrogen) atoms. The van der Waals surface area contributed by atoms with Crippen LogP contribution in [0.2, 0.25) is 0 Å². The summed E-state index contributed by atoms with van der Waals surface area (Å²) in [6.45, 7) is 6.35. The van der Waals surface area contributed by atoms with Crippen LogP contribution in [0, 0.1) is 5.92 Å². The van der Waals surface area contributed by atoms with Gasteiger partial charge in [-0.15, -0.1) is 0 Å². The molecular formula is C20H27N3O. The van der Waals surface area contributed by atoms with Crippen LogP contribution < -0.4 is 5.32 Å². The maximum absolute atomic E-state index is 12.5. The van der Waals surface area contributed by atoms with Gasteiger partial charge in [0.05, 0.1) is 0 Å². The summed E-state index contributed by atoms with van der Waals surface area (Å²) < 4.78 is 0. The molecule has 1 aliphatic heterocycles. The molecule has 0 saturated carbocycles. The summed E-state index contributed by atoms with van der Waals surface area (Å²) in [6, 6.07) is 6.05. The van der Waals surface area contributed by atoms with E-state index in [2.05, 4.69) is 34.3 Å². The molecule has 2 aliphatic rings. The highest BCUT2D eigenvalue weighted by Gasteiger charge is 2.18. The van der Waals surface area contributed by atoms with Crippen LogP contribution in [0.4, 0.5) is 0 Å². The number of hydrogen-bond acceptors (Lipinski definition) is 2. The summed E-state index contributed by atoms with van der Waals surface area (Å²) in [7, 11) is 0. The third-order valence-corrected chi connectivity index (χ3v) is 5.70. The fraction of sp³-hybridized carbons (Fsp3) is 0.550. The van der Waals surface area contributed by atoms with Gasteiger partial charge in [0.2, 0.25) is 0 Å². The molecule has 1 aliphatic carbocycles. The van der Waals surface area contributed by atoms with E-state index in [0.29, 0.717) is 0 Å². The number of hydrogen-bond donors (Lipinski definition) is 2. The molecule has 4 rings (SSSR count). The van der Waals surface area contributed by atoms with Gasteiger partial charge in [0, 0.05) is 35.2 Å². The minimum atomic E-state index is 0.0511. The lowest BCUT2D eigenvalue weighted by Gasteiger charge is -2.30. The van der Waals surface area contributed by atoms with Crippen molar-refractivity contribution in [2.24, 2.45) is 5.92 Å². The minimum absolute atomic E-state index is 0.0511. The molecule has 2 N–H and O–H groups in total. The molecule has 4 nitrogen and oxygen atoms in total. The first-order valence-electron chi connectivity index (χ1n) is 9.35. The van der Waals surface area contributed by atoms with Crippen LogP contribution in [-0.4, -0.2) is 42.0 Å². The molecule has 1 amide bonds. The predicted octanol–water partition coefficient (Wildman–Crippen LogP) is 3.12. The molecule has 1 saturated heterocycles. The highest BCUT2D eigenvalue weighted by atomic mass is 16.1. The van der Waals surface area contributed by atoms with Gasteiger partial charge in [0.15, 0.2) is 0 Å². The van der Waals surface area contributed by atoms with Gasteiger partial charge >= 0.3 is 0 Å². The third-order valence-electron chi connectivity index (χ3n) is 5.70. The zero-order valence-corrected chi connectivity index (χ0v) is 14.5. The number of rotatable bonds is 4. The van der Waals surface area contributed by atoms with Crippen molar-refractivity contribution in [2.75, 3.05) is 26.2 Å². The zero-order valence-electron chi connectivity index (χ0n) is 14.5. The second-order valence-corrected chi connectivity index (χ2v) is 7.48. The molecule has 0 unspecified atom stereocenters. The average molecular weight is 325 g/mol. The SMILES string of the molecule is CC1CCN(CCNC(=O)c2ccc3[nH]c4c(c3c2)CCC4)CC1. The normalized spacial score (nSPS) is 18.9. The molecule has 0 bridgehead atoms. The van der Waals surface area contributed by atoms with E-state index in [1.807, 2.05) is 6.07 Å². The van der Waals surface area contributed by atoms with Gasteiger partial charge in [-0.3, -0.25) is 4.79 Å². The summed E-state index contributed by atoms with van der Waals surface area (Å²) in [5, 5.41) is 4.33. The summed E-state index contributed by atoms with van der Waals surface area (Å²) in [5.74, 6) is 0.904. The van der Waals surface area contributed by atoms with E-state index in [-0.39, 0.29) is 5.91 Å². The van der Waals surface area contributed by atoms with Crippen LogP contribution in [0.25, 0.3) is 10.9 Å².